The minimum absolute atomic E-state index is 0.0855. The molecule has 0 unspecified atom stereocenters. The van der Waals surface area contributed by atoms with Crippen LogP contribution in [0.2, 0.25) is 0 Å². The van der Waals surface area contributed by atoms with Crippen LogP contribution >= 0.6 is 11.3 Å². The minimum atomic E-state index is -0.692. The van der Waals surface area contributed by atoms with Gasteiger partial charge in [0.25, 0.3) is 0 Å². The summed E-state index contributed by atoms with van der Waals surface area (Å²) in [5.41, 5.74) is 2.97. The molecule has 0 aliphatic carbocycles. The van der Waals surface area contributed by atoms with E-state index >= 15 is 0 Å². The molecule has 0 saturated carbocycles. The first-order chi connectivity index (χ1) is 38.4. The monoisotopic (exact) mass is 849 g/mol. The first kappa shape index (κ1) is 23.2. The van der Waals surface area contributed by atoms with Crippen LogP contribution < -0.4 is 0 Å². The van der Waals surface area contributed by atoms with Gasteiger partial charge in [0.2, 0.25) is 5.95 Å². The molecule has 14 rings (SSSR count). The van der Waals surface area contributed by atoms with Gasteiger partial charge >= 0.3 is 0 Å². The van der Waals surface area contributed by atoms with Crippen LogP contribution in [0.15, 0.2) is 212 Å². The fraction of sp³-hybridized carbons (Fsp3) is 0. The van der Waals surface area contributed by atoms with E-state index in [0.29, 0.717) is 16.8 Å². The van der Waals surface area contributed by atoms with Gasteiger partial charge in [-0.3, -0.25) is 9.13 Å². The molecule has 0 aliphatic rings. The molecule has 0 spiro atoms. The van der Waals surface area contributed by atoms with Gasteiger partial charge in [-0.1, -0.05) is 151 Å². The first-order valence-electron chi connectivity index (χ1n) is 28.4. The molecule has 64 heavy (non-hydrogen) atoms. The Balaban J connectivity index is 1.26. The third kappa shape index (κ3) is 5.00. The Morgan fingerprint density at radius 2 is 0.891 bits per heavy atom. The van der Waals surface area contributed by atoms with Crippen molar-refractivity contribution in [2.75, 3.05) is 0 Å². The quantitative estimate of drug-likeness (QED) is 0.173. The van der Waals surface area contributed by atoms with Crippen LogP contribution in [0.25, 0.3) is 125 Å². The number of thiophene rings is 1. The summed E-state index contributed by atoms with van der Waals surface area (Å²) in [5, 5.41) is 2.78. The van der Waals surface area contributed by atoms with E-state index in [0.717, 1.165) is 52.1 Å². The SMILES string of the molecule is [2H]c1c([2H])c([2H])c2c(c1[2H])c1c([2H])c([2H])c([2H])c([2H])c1n2-c1cc(-c2c(-c3cccc4sc5ccccc5c34)cccc2-n2c3ccccc3c3ccccc32)nc(-n2c3c([2H])c([2H])c([2H])c([2H])c3c3c([2H])c([2H])c([2H])c([2H])c32)n1. The lowest BCUT2D eigenvalue weighted by Crippen LogP contribution is -2.09. The molecule has 0 aliphatic heterocycles. The maximum absolute atomic E-state index is 9.52. The number of rotatable bonds is 5. The highest BCUT2D eigenvalue weighted by atomic mass is 32.1. The second-order valence-electron chi connectivity index (χ2n) is 15.3. The third-order valence-corrected chi connectivity index (χ3v) is 13.1. The highest BCUT2D eigenvalue weighted by Gasteiger charge is 2.25. The van der Waals surface area contributed by atoms with Crippen LogP contribution in [0.1, 0.15) is 21.9 Å². The van der Waals surface area contributed by atoms with E-state index < -0.39 is 103 Å². The number of hydrogen-bond donors (Lipinski definition) is 0. The Labute approximate surface area is 393 Å². The minimum Gasteiger partial charge on any atom is -0.309 e. The molecule has 5 heterocycles. The molecule has 0 atom stereocenters. The molecule has 298 valence electrons. The molecule has 5 aromatic heterocycles. The van der Waals surface area contributed by atoms with E-state index in [1.807, 2.05) is 109 Å². The predicted molar refractivity (Wildman–Crippen MR) is 269 cm³/mol. The van der Waals surface area contributed by atoms with E-state index in [1.54, 1.807) is 11.3 Å². The summed E-state index contributed by atoms with van der Waals surface area (Å²) >= 11 is 1.62. The first-order valence-corrected chi connectivity index (χ1v) is 21.2. The molecule has 0 radical (unpaired) electrons. The van der Waals surface area contributed by atoms with Gasteiger partial charge in [0, 0.05) is 64.1 Å². The van der Waals surface area contributed by atoms with Crippen molar-refractivity contribution in [3.8, 4) is 39.8 Å². The second kappa shape index (κ2) is 13.6. The van der Waals surface area contributed by atoms with Crippen molar-refractivity contribution in [1.82, 2.24) is 23.7 Å². The Morgan fingerprint density at radius 3 is 1.52 bits per heavy atom. The van der Waals surface area contributed by atoms with E-state index in [4.69, 9.17) is 20.9 Å². The van der Waals surface area contributed by atoms with Crippen molar-refractivity contribution in [3.05, 3.63) is 212 Å². The van der Waals surface area contributed by atoms with Crippen molar-refractivity contribution in [1.29, 1.82) is 0 Å². The maximum atomic E-state index is 9.52. The number of benzene rings is 9. The number of fused-ring (bicyclic) bond motifs is 12. The van der Waals surface area contributed by atoms with Crippen molar-refractivity contribution >= 4 is 96.9 Å². The van der Waals surface area contributed by atoms with Gasteiger partial charge in [-0.05, 0) is 65.6 Å². The smallest absolute Gasteiger partial charge is 0.237 e. The molecule has 9 aromatic carbocycles. The van der Waals surface area contributed by atoms with Gasteiger partial charge in [0.1, 0.15) is 5.82 Å². The molecule has 6 heteroatoms. The van der Waals surface area contributed by atoms with Crippen molar-refractivity contribution in [3.63, 3.8) is 0 Å². The lowest BCUT2D eigenvalue weighted by atomic mass is 9.92. The van der Waals surface area contributed by atoms with Gasteiger partial charge in [-0.2, -0.15) is 4.98 Å². The number of nitrogens with zero attached hydrogens (tertiary/aromatic N) is 5. The van der Waals surface area contributed by atoms with Crippen LogP contribution in [0.3, 0.4) is 0 Å². The Bertz CT molecular complexity index is 4790. The summed E-state index contributed by atoms with van der Waals surface area (Å²) < 4.78 is 153. The zero-order chi connectivity index (χ0) is 55.8. The zero-order valence-electron chi connectivity index (χ0n) is 49.1. The van der Waals surface area contributed by atoms with E-state index in [1.165, 1.54) is 10.6 Å². The molecule has 0 bridgehead atoms. The lowest BCUT2D eigenvalue weighted by molar-refractivity contribution is 0.951. The summed E-state index contributed by atoms with van der Waals surface area (Å²) in [5.74, 6) is -0.662. The van der Waals surface area contributed by atoms with Gasteiger partial charge in [0.05, 0.1) is 66.4 Å². The van der Waals surface area contributed by atoms with Crippen LogP contribution in [-0.4, -0.2) is 23.7 Å². The molecule has 0 N–H and O–H groups in total. The largest absolute Gasteiger partial charge is 0.309 e. The van der Waals surface area contributed by atoms with Crippen molar-refractivity contribution in [2.45, 2.75) is 0 Å². The number of hydrogen-bond acceptors (Lipinski definition) is 3. The Hall–Kier alpha value is -8.32. The molecule has 0 fully saturated rings. The molecule has 0 amide bonds. The summed E-state index contributed by atoms with van der Waals surface area (Å²) in [6, 6.07) is 26.9. The Kier molecular flexibility index (Phi) is 4.93. The zero-order valence-corrected chi connectivity index (χ0v) is 33.9. The van der Waals surface area contributed by atoms with Crippen molar-refractivity contribution in [2.24, 2.45) is 0 Å². The molecular formula is C58H35N5S. The highest BCUT2D eigenvalue weighted by Crippen LogP contribution is 2.46. The third-order valence-electron chi connectivity index (χ3n) is 12.0. The lowest BCUT2D eigenvalue weighted by Gasteiger charge is -2.20. The maximum Gasteiger partial charge on any atom is 0.237 e. The van der Waals surface area contributed by atoms with Crippen molar-refractivity contribution < 1.29 is 21.9 Å². The molecule has 0 saturated heterocycles. The van der Waals surface area contributed by atoms with E-state index in [2.05, 4.69) is 4.57 Å². The topological polar surface area (TPSA) is 40.6 Å². The molecule has 5 nitrogen and oxygen atoms in total. The van der Waals surface area contributed by atoms with Gasteiger partial charge in [-0.15, -0.1) is 11.3 Å². The van der Waals surface area contributed by atoms with Gasteiger partial charge in [0.15, 0.2) is 0 Å². The number of aromatic nitrogens is 5. The average Bonchev–Trinajstić information content (AvgIpc) is 4.38. The van der Waals surface area contributed by atoms with Crippen LogP contribution in [0, 0.1) is 0 Å². The average molecular weight is 850 g/mol. The summed E-state index contributed by atoms with van der Waals surface area (Å²) in [6.07, 6.45) is 0. The van der Waals surface area contributed by atoms with E-state index in [-0.39, 0.29) is 55.1 Å². The Morgan fingerprint density at radius 1 is 0.391 bits per heavy atom. The molecule has 14 aromatic rings. The summed E-state index contributed by atoms with van der Waals surface area (Å²) in [7, 11) is 0. The fourth-order valence-corrected chi connectivity index (χ4v) is 10.6. The van der Waals surface area contributed by atoms with Crippen LogP contribution in [-0.2, 0) is 0 Å². The van der Waals surface area contributed by atoms with Crippen LogP contribution in [0.5, 0.6) is 0 Å². The van der Waals surface area contributed by atoms with Gasteiger partial charge in [-0.25, -0.2) is 4.98 Å². The fourth-order valence-electron chi connectivity index (χ4n) is 9.44. The molecular weight excluding hydrogens is 799 g/mol. The van der Waals surface area contributed by atoms with E-state index in [9.17, 15) is 11.0 Å². The highest BCUT2D eigenvalue weighted by molar-refractivity contribution is 7.25. The standard InChI is InChI=1S/C58H35N5S/c1-8-26-46-36(17-1)37-18-2-9-27-47(37)61(46)52-32-15-24-43(42-25-16-34-54-56(42)44-23-7-14-33-53(44)64-54)57(52)45-35-55(62-48-28-10-3-19-38(48)39-20-4-11-29-49(39)62)60-58(59-45)63-50-30-12-5-21-40(50)41-22-6-13-31-51(41)63/h1-35H/i3D,4D,5D,6D,10D,11D,12D,13D,19D,20D,21D,22D,28D,29D,30D,31D. The number of para-hydroxylation sites is 6. The van der Waals surface area contributed by atoms with Crippen LogP contribution in [0.4, 0.5) is 0 Å². The predicted octanol–water partition coefficient (Wildman–Crippen LogP) is 15.5. The normalized spacial score (nSPS) is 15.6. The summed E-state index contributed by atoms with van der Waals surface area (Å²) in [6.45, 7) is 0. The summed E-state index contributed by atoms with van der Waals surface area (Å²) in [4.78, 5) is 10.5. The second-order valence-corrected chi connectivity index (χ2v) is 16.4. The van der Waals surface area contributed by atoms with Gasteiger partial charge < -0.3 is 4.57 Å².